The van der Waals surface area contributed by atoms with Crippen molar-refractivity contribution in [2.24, 2.45) is 0 Å². The molecule has 8 heteroatoms. The maximum Gasteiger partial charge on any atom is 0.416 e. The van der Waals surface area contributed by atoms with Gasteiger partial charge in [0.25, 0.3) is 0 Å². The highest BCUT2D eigenvalue weighted by atomic mass is 32.2. The van der Waals surface area contributed by atoms with Crippen molar-refractivity contribution in [1.29, 1.82) is 0 Å². The van der Waals surface area contributed by atoms with Gasteiger partial charge in [0.15, 0.2) is 0 Å². The number of nitrogens with zero attached hydrogens (tertiary/aromatic N) is 1. The van der Waals surface area contributed by atoms with Gasteiger partial charge in [0.2, 0.25) is 10.0 Å². The van der Waals surface area contributed by atoms with Crippen LogP contribution in [0.25, 0.3) is 11.3 Å². The topological polar surface area (TPSA) is 59.1 Å². The van der Waals surface area contributed by atoms with Gasteiger partial charge in [0, 0.05) is 11.8 Å². The van der Waals surface area contributed by atoms with Gasteiger partial charge in [-0.25, -0.2) is 8.42 Å². The molecule has 0 saturated heterocycles. The molecule has 0 aliphatic rings. The van der Waals surface area contributed by atoms with Crippen LogP contribution in [0.5, 0.6) is 0 Å². The summed E-state index contributed by atoms with van der Waals surface area (Å²) < 4.78 is 70.2. The van der Waals surface area contributed by atoms with Crippen LogP contribution in [0.3, 0.4) is 0 Å². The smallest absolute Gasteiger partial charge is 0.256 e. The lowest BCUT2D eigenvalue weighted by Gasteiger charge is -2.24. The van der Waals surface area contributed by atoms with Crippen LogP contribution in [-0.2, 0) is 16.2 Å². The van der Waals surface area contributed by atoms with Gasteiger partial charge in [-0.2, -0.15) is 17.9 Å². The summed E-state index contributed by atoms with van der Waals surface area (Å²) in [7, 11) is -4.07. The second-order valence-corrected chi connectivity index (χ2v) is 9.51. The number of nitrogens with one attached hydrogen (secondary N) is 1. The van der Waals surface area contributed by atoms with Gasteiger partial charge >= 0.3 is 6.18 Å². The van der Waals surface area contributed by atoms with E-state index in [0.29, 0.717) is 16.8 Å². The molecular weight excluding hydrogens is 461 g/mol. The number of aromatic nitrogens is 1. The molecule has 174 valence electrons. The molecule has 3 aromatic carbocycles. The van der Waals surface area contributed by atoms with E-state index in [1.165, 1.54) is 24.4 Å². The predicted octanol–water partition coefficient (Wildman–Crippen LogP) is 6.14. The number of alkyl halides is 3. The summed E-state index contributed by atoms with van der Waals surface area (Å²) in [5.74, 6) is 0. The molecule has 0 bridgehead atoms. The molecule has 0 spiro atoms. The van der Waals surface area contributed by atoms with Crippen molar-refractivity contribution in [2.45, 2.75) is 24.0 Å². The molecule has 1 unspecified atom stereocenters. The second-order valence-electron chi connectivity index (χ2n) is 7.79. The minimum atomic E-state index is -4.60. The molecule has 0 aliphatic heterocycles. The Morgan fingerprint density at radius 3 is 2.15 bits per heavy atom. The fourth-order valence-corrected chi connectivity index (χ4v) is 4.83. The molecule has 0 fully saturated rings. The monoisotopic (exact) mass is 482 g/mol. The molecule has 4 nitrogen and oxygen atoms in total. The molecule has 1 heterocycles. The molecule has 1 atom stereocenters. The predicted molar refractivity (Wildman–Crippen MR) is 124 cm³/mol. The highest BCUT2D eigenvalue weighted by Crippen LogP contribution is 2.37. The summed E-state index contributed by atoms with van der Waals surface area (Å²) in [5, 5.41) is 0. The Labute approximate surface area is 196 Å². The third-order valence-electron chi connectivity index (χ3n) is 5.37. The Morgan fingerprint density at radius 1 is 0.853 bits per heavy atom. The average Bonchev–Trinajstić information content (AvgIpc) is 2.83. The molecule has 34 heavy (non-hydrogen) atoms. The minimum absolute atomic E-state index is 0.0189. The van der Waals surface area contributed by atoms with Crippen molar-refractivity contribution in [1.82, 2.24) is 9.71 Å². The van der Waals surface area contributed by atoms with Gasteiger partial charge < -0.3 is 0 Å². The van der Waals surface area contributed by atoms with Crippen molar-refractivity contribution in [3.05, 3.63) is 119 Å². The van der Waals surface area contributed by atoms with Gasteiger partial charge in [-0.3, -0.25) is 4.98 Å². The standard InChI is InChI=1S/C26H21F3N2O2S/c1-18-10-13-21(14-11-18)34(32,33)31-25(19-7-3-2-4-8-19)23-17-20(26(27,28)29)12-15-22(23)24-9-5-6-16-30-24/h2-17,25,31H,1H3. The molecule has 4 aromatic rings. The Bertz CT molecular complexity index is 1370. The fourth-order valence-electron chi connectivity index (χ4n) is 3.63. The van der Waals surface area contributed by atoms with E-state index in [2.05, 4.69) is 9.71 Å². The fraction of sp³-hybridized carbons (Fsp3) is 0.115. The van der Waals surface area contributed by atoms with E-state index in [1.807, 2.05) is 6.92 Å². The Hall–Kier alpha value is -3.49. The maximum absolute atomic E-state index is 13.7. The quantitative estimate of drug-likeness (QED) is 0.359. The van der Waals surface area contributed by atoms with Crippen LogP contribution in [0, 0.1) is 6.92 Å². The van der Waals surface area contributed by atoms with Gasteiger partial charge in [-0.15, -0.1) is 0 Å². The first-order valence-corrected chi connectivity index (χ1v) is 11.9. The van der Waals surface area contributed by atoms with Crippen molar-refractivity contribution < 1.29 is 21.6 Å². The first-order chi connectivity index (χ1) is 16.1. The number of pyridine rings is 1. The van der Waals surface area contributed by atoms with Gasteiger partial charge in [-0.05, 0) is 54.4 Å². The lowest BCUT2D eigenvalue weighted by Crippen LogP contribution is -2.30. The lowest BCUT2D eigenvalue weighted by molar-refractivity contribution is -0.137. The van der Waals surface area contributed by atoms with E-state index in [9.17, 15) is 21.6 Å². The molecular formula is C26H21F3N2O2S. The number of halogens is 3. The van der Waals surface area contributed by atoms with Crippen LogP contribution in [0.1, 0.15) is 28.3 Å². The summed E-state index contributed by atoms with van der Waals surface area (Å²) >= 11 is 0. The van der Waals surface area contributed by atoms with E-state index in [-0.39, 0.29) is 10.5 Å². The van der Waals surface area contributed by atoms with Crippen LogP contribution >= 0.6 is 0 Å². The summed E-state index contributed by atoms with van der Waals surface area (Å²) in [4.78, 5) is 4.30. The molecule has 0 amide bonds. The first-order valence-electron chi connectivity index (χ1n) is 10.4. The number of hydrogen-bond donors (Lipinski definition) is 1. The van der Waals surface area contributed by atoms with Crippen molar-refractivity contribution >= 4 is 10.0 Å². The Kier molecular flexibility index (Phi) is 6.54. The van der Waals surface area contributed by atoms with Crippen LogP contribution in [-0.4, -0.2) is 13.4 Å². The van der Waals surface area contributed by atoms with E-state index in [0.717, 1.165) is 17.7 Å². The summed E-state index contributed by atoms with van der Waals surface area (Å²) in [6.07, 6.45) is -3.07. The van der Waals surface area contributed by atoms with Crippen molar-refractivity contribution in [2.75, 3.05) is 0 Å². The van der Waals surface area contributed by atoms with E-state index < -0.39 is 27.8 Å². The average molecular weight is 483 g/mol. The van der Waals surface area contributed by atoms with Crippen LogP contribution in [0.15, 0.2) is 102 Å². The third-order valence-corrected chi connectivity index (χ3v) is 6.81. The summed E-state index contributed by atoms with van der Waals surface area (Å²) in [5.41, 5.74) is 1.48. The second kappa shape index (κ2) is 9.40. The largest absolute Gasteiger partial charge is 0.416 e. The minimum Gasteiger partial charge on any atom is -0.256 e. The van der Waals surface area contributed by atoms with E-state index in [4.69, 9.17) is 0 Å². The molecule has 1 aromatic heterocycles. The zero-order valence-electron chi connectivity index (χ0n) is 18.1. The van der Waals surface area contributed by atoms with Crippen molar-refractivity contribution in [3.8, 4) is 11.3 Å². The highest BCUT2D eigenvalue weighted by Gasteiger charge is 2.33. The summed E-state index contributed by atoms with van der Waals surface area (Å²) in [6, 6.07) is 22.0. The number of hydrogen-bond acceptors (Lipinski definition) is 3. The lowest BCUT2D eigenvalue weighted by atomic mass is 9.91. The van der Waals surface area contributed by atoms with Gasteiger partial charge in [-0.1, -0.05) is 60.2 Å². The first kappa shape index (κ1) is 23.7. The van der Waals surface area contributed by atoms with Gasteiger partial charge in [0.1, 0.15) is 0 Å². The maximum atomic E-state index is 13.7. The number of benzene rings is 3. The molecule has 0 aliphatic carbocycles. The normalized spacial score (nSPS) is 12.9. The van der Waals surface area contributed by atoms with E-state index >= 15 is 0 Å². The Balaban J connectivity index is 1.92. The molecule has 4 rings (SSSR count). The van der Waals surface area contributed by atoms with Crippen LogP contribution < -0.4 is 4.72 Å². The van der Waals surface area contributed by atoms with Crippen LogP contribution in [0.4, 0.5) is 13.2 Å². The van der Waals surface area contributed by atoms with Crippen molar-refractivity contribution in [3.63, 3.8) is 0 Å². The zero-order valence-corrected chi connectivity index (χ0v) is 18.9. The number of aryl methyl sites for hydroxylation is 1. The van der Waals surface area contributed by atoms with Gasteiger partial charge in [0.05, 0.1) is 22.2 Å². The molecule has 0 saturated carbocycles. The summed E-state index contributed by atoms with van der Waals surface area (Å²) in [6.45, 7) is 1.83. The Morgan fingerprint density at radius 2 is 1.53 bits per heavy atom. The SMILES string of the molecule is Cc1ccc(S(=O)(=O)NC(c2ccccc2)c2cc(C(F)(F)F)ccc2-c2ccccn2)cc1. The molecule has 0 radical (unpaired) electrons. The zero-order chi connectivity index (χ0) is 24.3. The highest BCUT2D eigenvalue weighted by molar-refractivity contribution is 7.89. The van der Waals surface area contributed by atoms with Crippen LogP contribution in [0.2, 0.25) is 0 Å². The third kappa shape index (κ3) is 5.18. The van der Waals surface area contributed by atoms with E-state index in [1.54, 1.807) is 60.7 Å². The number of sulfonamides is 1. The number of rotatable bonds is 6. The molecule has 1 N–H and O–H groups in total.